The van der Waals surface area contributed by atoms with E-state index in [0.717, 1.165) is 41.8 Å². The van der Waals surface area contributed by atoms with E-state index < -0.39 is 0 Å². The Morgan fingerprint density at radius 3 is 2.80 bits per heavy atom. The molecule has 2 aliphatic rings. The fourth-order valence-corrected chi connectivity index (χ4v) is 4.56. The Balaban J connectivity index is 1.54. The maximum Gasteiger partial charge on any atom is 0.140 e. The van der Waals surface area contributed by atoms with Gasteiger partial charge in [0.1, 0.15) is 11.5 Å². The molecule has 0 bridgehead atoms. The minimum absolute atomic E-state index is 0.117. The summed E-state index contributed by atoms with van der Waals surface area (Å²) in [6.45, 7) is 6.24. The van der Waals surface area contributed by atoms with Crippen LogP contribution in [0.3, 0.4) is 0 Å². The predicted octanol–water partition coefficient (Wildman–Crippen LogP) is 5.17. The average molecular weight is 398 g/mol. The van der Waals surface area contributed by atoms with Gasteiger partial charge in [-0.25, -0.2) is 9.98 Å². The summed E-state index contributed by atoms with van der Waals surface area (Å²) in [5.74, 6) is 1.40. The molecule has 0 amide bonds. The molecule has 3 aromatic rings. The van der Waals surface area contributed by atoms with Crippen LogP contribution in [0.5, 0.6) is 0 Å². The number of nitrogens with zero attached hydrogens (tertiary/aromatic N) is 3. The van der Waals surface area contributed by atoms with Crippen molar-refractivity contribution in [3.05, 3.63) is 72.1 Å². The number of pyridine rings is 1. The lowest BCUT2D eigenvalue weighted by Crippen LogP contribution is -2.20. The normalized spacial score (nSPS) is 24.3. The van der Waals surface area contributed by atoms with Crippen LogP contribution >= 0.6 is 0 Å². The van der Waals surface area contributed by atoms with Gasteiger partial charge in [0.15, 0.2) is 0 Å². The van der Waals surface area contributed by atoms with Crippen molar-refractivity contribution in [1.29, 1.82) is 5.41 Å². The lowest BCUT2D eigenvalue weighted by atomic mass is 9.95. The Bertz CT molecular complexity index is 1140. The minimum atomic E-state index is 0.117. The van der Waals surface area contributed by atoms with Gasteiger partial charge in [-0.2, -0.15) is 0 Å². The van der Waals surface area contributed by atoms with E-state index in [1.165, 1.54) is 11.3 Å². The number of aromatic nitrogens is 2. The first kappa shape index (κ1) is 18.8. The molecule has 5 nitrogen and oxygen atoms in total. The maximum atomic E-state index is 8.38. The molecule has 3 unspecified atom stereocenters. The van der Waals surface area contributed by atoms with Gasteiger partial charge < -0.3 is 9.88 Å². The third-order valence-electron chi connectivity index (χ3n) is 6.65. The van der Waals surface area contributed by atoms with Crippen molar-refractivity contribution in [2.75, 3.05) is 18.0 Å². The number of fused-ring (bicyclic) bond motifs is 1. The fraction of sp³-hybridized carbons (Fsp3) is 0.320. The fourth-order valence-electron chi connectivity index (χ4n) is 4.56. The Hall–Kier alpha value is -3.21. The van der Waals surface area contributed by atoms with Gasteiger partial charge in [0, 0.05) is 42.9 Å². The van der Waals surface area contributed by atoms with Gasteiger partial charge in [0.25, 0.3) is 0 Å². The number of amidine groups is 1. The number of rotatable bonds is 3. The van der Waals surface area contributed by atoms with Crippen LogP contribution in [0.1, 0.15) is 37.3 Å². The lowest BCUT2D eigenvalue weighted by Gasteiger charge is -2.20. The SMILES string of the molecule is CC1C=CC(c2c[nH]c3nccc(N4CCC(c5ccccc5)C4)c23)=NC(=N)C1C. The zero-order chi connectivity index (χ0) is 20.7. The first-order valence-electron chi connectivity index (χ1n) is 10.7. The number of H-pyrrole nitrogens is 1. The number of hydrogen-bond acceptors (Lipinski definition) is 3. The van der Waals surface area contributed by atoms with Crippen LogP contribution in [0.4, 0.5) is 5.69 Å². The maximum absolute atomic E-state index is 8.38. The van der Waals surface area contributed by atoms with Crippen molar-refractivity contribution < 1.29 is 0 Å². The molecule has 30 heavy (non-hydrogen) atoms. The number of aromatic amines is 1. The van der Waals surface area contributed by atoms with Gasteiger partial charge in [-0.1, -0.05) is 50.3 Å². The number of anilines is 1. The monoisotopic (exact) mass is 397 g/mol. The average Bonchev–Trinajstić information content (AvgIpc) is 3.41. The van der Waals surface area contributed by atoms with E-state index in [9.17, 15) is 0 Å². The largest absolute Gasteiger partial charge is 0.370 e. The molecule has 2 N–H and O–H groups in total. The first-order chi connectivity index (χ1) is 14.6. The van der Waals surface area contributed by atoms with E-state index in [2.05, 4.69) is 82.3 Å². The molecule has 1 saturated heterocycles. The van der Waals surface area contributed by atoms with E-state index >= 15 is 0 Å². The first-order valence-corrected chi connectivity index (χ1v) is 10.7. The van der Waals surface area contributed by atoms with E-state index in [1.807, 2.05) is 12.4 Å². The Kier molecular flexibility index (Phi) is 4.74. The van der Waals surface area contributed by atoms with Crippen molar-refractivity contribution >= 4 is 28.3 Å². The standard InChI is InChI=1S/C25H27N5/c1-16-8-9-21(29-24(26)17(16)2)20-14-28-25-23(20)22(10-12-27-25)30-13-11-19(15-30)18-6-4-3-5-7-18/h3-10,12,14,16-17,19,26H,11,13,15H2,1-2H3,(H,27,28). The minimum Gasteiger partial charge on any atom is -0.370 e. The lowest BCUT2D eigenvalue weighted by molar-refractivity contribution is 0.586. The summed E-state index contributed by atoms with van der Waals surface area (Å²) in [5.41, 5.74) is 5.35. The molecule has 5 heteroatoms. The van der Waals surface area contributed by atoms with Gasteiger partial charge in [0.05, 0.1) is 16.8 Å². The highest BCUT2D eigenvalue weighted by molar-refractivity contribution is 6.21. The third kappa shape index (κ3) is 3.24. The zero-order valence-corrected chi connectivity index (χ0v) is 17.5. The second-order valence-electron chi connectivity index (χ2n) is 8.49. The second kappa shape index (κ2) is 7.56. The number of benzene rings is 1. The van der Waals surface area contributed by atoms with Crippen LogP contribution in [0.15, 0.2) is 65.9 Å². The smallest absolute Gasteiger partial charge is 0.140 e. The molecule has 0 aliphatic carbocycles. The van der Waals surface area contributed by atoms with Gasteiger partial charge in [-0.15, -0.1) is 0 Å². The number of hydrogen-bond donors (Lipinski definition) is 2. The van der Waals surface area contributed by atoms with Crippen LogP contribution in [0.25, 0.3) is 11.0 Å². The van der Waals surface area contributed by atoms with Crippen LogP contribution < -0.4 is 4.90 Å². The molecule has 0 radical (unpaired) electrons. The van der Waals surface area contributed by atoms with Crippen LogP contribution in [0.2, 0.25) is 0 Å². The van der Waals surface area contributed by atoms with Crippen LogP contribution in [-0.2, 0) is 0 Å². The summed E-state index contributed by atoms with van der Waals surface area (Å²) in [5, 5.41) is 9.49. The molecule has 2 aromatic heterocycles. The van der Waals surface area contributed by atoms with E-state index in [0.29, 0.717) is 17.7 Å². The number of allylic oxidation sites excluding steroid dienone is 2. The van der Waals surface area contributed by atoms with Gasteiger partial charge >= 0.3 is 0 Å². The predicted molar refractivity (Wildman–Crippen MR) is 124 cm³/mol. The molecule has 1 aromatic carbocycles. The Labute approximate surface area is 177 Å². The van der Waals surface area contributed by atoms with E-state index in [4.69, 9.17) is 5.41 Å². The zero-order valence-electron chi connectivity index (χ0n) is 17.5. The van der Waals surface area contributed by atoms with Crippen molar-refractivity contribution in [1.82, 2.24) is 9.97 Å². The van der Waals surface area contributed by atoms with Crippen LogP contribution in [-0.4, -0.2) is 34.6 Å². The molecule has 4 heterocycles. The van der Waals surface area contributed by atoms with Gasteiger partial charge in [0.2, 0.25) is 0 Å². The molecular weight excluding hydrogens is 370 g/mol. The third-order valence-corrected chi connectivity index (χ3v) is 6.65. The summed E-state index contributed by atoms with van der Waals surface area (Å²) < 4.78 is 0. The molecule has 3 atom stereocenters. The molecule has 2 aliphatic heterocycles. The molecule has 1 fully saturated rings. The van der Waals surface area contributed by atoms with Crippen molar-refractivity contribution in [2.24, 2.45) is 16.8 Å². The molecular formula is C25H27N5. The van der Waals surface area contributed by atoms with E-state index in [1.54, 1.807) is 0 Å². The molecule has 0 saturated carbocycles. The Morgan fingerprint density at radius 2 is 1.97 bits per heavy atom. The highest BCUT2D eigenvalue weighted by Gasteiger charge is 2.27. The van der Waals surface area contributed by atoms with Gasteiger partial charge in [-0.3, -0.25) is 5.41 Å². The molecule has 0 spiro atoms. The summed E-state index contributed by atoms with van der Waals surface area (Å²) in [4.78, 5) is 15.0. The van der Waals surface area contributed by atoms with Crippen molar-refractivity contribution in [3.63, 3.8) is 0 Å². The number of nitrogens with one attached hydrogen (secondary N) is 2. The van der Waals surface area contributed by atoms with Crippen molar-refractivity contribution in [2.45, 2.75) is 26.2 Å². The molecule has 5 rings (SSSR count). The second-order valence-corrected chi connectivity index (χ2v) is 8.49. The Morgan fingerprint density at radius 1 is 1.13 bits per heavy atom. The highest BCUT2D eigenvalue weighted by atomic mass is 15.2. The van der Waals surface area contributed by atoms with Gasteiger partial charge in [-0.05, 0) is 30.0 Å². The van der Waals surface area contributed by atoms with Crippen LogP contribution in [0, 0.1) is 17.2 Å². The molecule has 152 valence electrons. The highest BCUT2D eigenvalue weighted by Crippen LogP contribution is 2.36. The topological polar surface area (TPSA) is 68.1 Å². The summed E-state index contributed by atoms with van der Waals surface area (Å²) in [7, 11) is 0. The number of aliphatic imine (C=N–C) groups is 1. The van der Waals surface area contributed by atoms with Crippen molar-refractivity contribution in [3.8, 4) is 0 Å². The summed E-state index contributed by atoms with van der Waals surface area (Å²) in [6, 6.07) is 12.9. The van der Waals surface area contributed by atoms with E-state index in [-0.39, 0.29) is 5.92 Å². The summed E-state index contributed by atoms with van der Waals surface area (Å²) >= 11 is 0. The summed E-state index contributed by atoms with van der Waals surface area (Å²) in [6.07, 6.45) is 9.25. The quantitative estimate of drug-likeness (QED) is 0.640.